The molecule has 2 N–H and O–H groups in total. The van der Waals surface area contributed by atoms with Gasteiger partial charge in [-0.2, -0.15) is 0 Å². The predicted molar refractivity (Wildman–Crippen MR) is 99.8 cm³/mol. The number of fused-ring (bicyclic) bond motifs is 1. The van der Waals surface area contributed by atoms with Crippen LogP contribution in [0.2, 0.25) is 0 Å². The Morgan fingerprint density at radius 1 is 1.24 bits per heavy atom. The smallest absolute Gasteiger partial charge is 0.261 e. The van der Waals surface area contributed by atoms with Gasteiger partial charge >= 0.3 is 0 Å². The molecule has 1 aliphatic heterocycles. The first-order valence-corrected chi connectivity index (χ1v) is 8.76. The number of thiocarbonyl (C=S) groups is 1. The van der Waals surface area contributed by atoms with E-state index in [-0.39, 0.29) is 18.4 Å². The Morgan fingerprint density at radius 2 is 1.92 bits per heavy atom. The first kappa shape index (κ1) is 17.2. The van der Waals surface area contributed by atoms with E-state index in [1.54, 1.807) is 30.3 Å². The summed E-state index contributed by atoms with van der Waals surface area (Å²) in [7, 11) is 0. The lowest BCUT2D eigenvalue weighted by Gasteiger charge is -2.12. The minimum absolute atomic E-state index is 0.264. The Labute approximate surface area is 153 Å². The summed E-state index contributed by atoms with van der Waals surface area (Å²) in [6.07, 6.45) is 2.14. The summed E-state index contributed by atoms with van der Waals surface area (Å²) in [5.74, 6) is -0.531. The summed E-state index contributed by atoms with van der Waals surface area (Å²) >= 11 is 6.43. The fraction of sp³-hybridized carbons (Fsp3) is 0.188. The first-order valence-electron chi connectivity index (χ1n) is 7.53. The van der Waals surface area contributed by atoms with Crippen LogP contribution in [0.3, 0.4) is 0 Å². The summed E-state index contributed by atoms with van der Waals surface area (Å²) in [5.41, 5.74) is 0.900. The van der Waals surface area contributed by atoms with Gasteiger partial charge < -0.3 is 10.6 Å². The van der Waals surface area contributed by atoms with Crippen LogP contribution in [0.25, 0.3) is 0 Å². The molecule has 0 spiro atoms. The van der Waals surface area contributed by atoms with Crippen molar-refractivity contribution in [2.24, 2.45) is 0 Å². The van der Waals surface area contributed by atoms with Gasteiger partial charge in [-0.15, -0.1) is 16.8 Å². The molecule has 0 atom stereocenters. The molecule has 2 aromatic rings. The number of hydrogen-bond donors (Lipinski definition) is 2. The highest BCUT2D eigenvalue weighted by atomic mass is 32.1. The minimum atomic E-state index is -0.265. The standard InChI is InChI=1S/C16H15N5O2S2/c1-2-8-17-15(24)18-16-20-19-12(25-16)7-9-21-13(22)10-5-3-4-6-11(10)14(21)23/h2-6H,1,7-9H2,(H2,17,18,20,24). The van der Waals surface area contributed by atoms with Crippen LogP contribution in [0.15, 0.2) is 36.9 Å². The van der Waals surface area contributed by atoms with Gasteiger partial charge in [-0.25, -0.2) is 0 Å². The van der Waals surface area contributed by atoms with Gasteiger partial charge in [-0.3, -0.25) is 14.5 Å². The summed E-state index contributed by atoms with van der Waals surface area (Å²) in [6.45, 7) is 4.41. The molecule has 1 aromatic heterocycles. The fourth-order valence-electron chi connectivity index (χ4n) is 2.36. The second-order valence-corrected chi connectivity index (χ2v) is 6.65. The number of benzene rings is 1. The zero-order valence-electron chi connectivity index (χ0n) is 13.2. The molecule has 128 valence electrons. The zero-order valence-corrected chi connectivity index (χ0v) is 14.8. The summed E-state index contributed by atoms with van der Waals surface area (Å²) in [4.78, 5) is 25.9. The van der Waals surface area contributed by atoms with Crippen molar-refractivity contribution in [2.75, 3.05) is 18.4 Å². The maximum atomic E-state index is 12.3. The van der Waals surface area contributed by atoms with E-state index in [1.165, 1.54) is 16.2 Å². The van der Waals surface area contributed by atoms with Crippen LogP contribution in [0, 0.1) is 0 Å². The molecule has 0 saturated heterocycles. The maximum Gasteiger partial charge on any atom is 0.261 e. The Hall–Kier alpha value is -2.65. The third-order valence-electron chi connectivity index (χ3n) is 3.52. The number of imide groups is 1. The molecule has 9 heteroatoms. The van der Waals surface area contributed by atoms with Crippen LogP contribution in [0.1, 0.15) is 25.7 Å². The number of nitrogens with zero attached hydrogens (tertiary/aromatic N) is 3. The van der Waals surface area contributed by atoms with Gasteiger partial charge in [0.2, 0.25) is 5.13 Å². The number of rotatable bonds is 6. The number of nitrogens with one attached hydrogen (secondary N) is 2. The molecule has 25 heavy (non-hydrogen) atoms. The number of carbonyl (C=O) groups excluding carboxylic acids is 2. The van der Waals surface area contributed by atoms with Crippen molar-refractivity contribution in [3.05, 3.63) is 53.1 Å². The number of aromatic nitrogens is 2. The minimum Gasteiger partial charge on any atom is -0.359 e. The Balaban J connectivity index is 1.58. The van der Waals surface area contributed by atoms with Gasteiger partial charge in [0.25, 0.3) is 11.8 Å². The summed E-state index contributed by atoms with van der Waals surface area (Å²) < 4.78 is 0. The quantitative estimate of drug-likeness (QED) is 0.454. The summed E-state index contributed by atoms with van der Waals surface area (Å²) in [5, 5.41) is 15.6. The van der Waals surface area contributed by atoms with Crippen LogP contribution < -0.4 is 10.6 Å². The average Bonchev–Trinajstić information content (AvgIpc) is 3.15. The van der Waals surface area contributed by atoms with Crippen molar-refractivity contribution in [1.29, 1.82) is 0 Å². The molecule has 2 amide bonds. The molecular formula is C16H15N5O2S2. The highest BCUT2D eigenvalue weighted by Gasteiger charge is 2.34. The Morgan fingerprint density at radius 3 is 2.56 bits per heavy atom. The van der Waals surface area contributed by atoms with Gasteiger partial charge in [0, 0.05) is 19.5 Å². The highest BCUT2D eigenvalue weighted by Crippen LogP contribution is 2.23. The summed E-state index contributed by atoms with van der Waals surface area (Å²) in [6, 6.07) is 6.83. The molecule has 0 bridgehead atoms. The molecule has 0 aliphatic carbocycles. The Bertz CT molecular complexity index is 814. The second kappa shape index (κ2) is 7.49. The SMILES string of the molecule is C=CCNC(=S)Nc1nnc(CCN2C(=O)c3ccccc3C2=O)s1. The average molecular weight is 373 g/mol. The van der Waals surface area contributed by atoms with E-state index in [9.17, 15) is 9.59 Å². The highest BCUT2D eigenvalue weighted by molar-refractivity contribution is 7.80. The van der Waals surface area contributed by atoms with E-state index < -0.39 is 0 Å². The van der Waals surface area contributed by atoms with Crippen molar-refractivity contribution in [3.8, 4) is 0 Å². The number of amides is 2. The largest absolute Gasteiger partial charge is 0.359 e. The van der Waals surface area contributed by atoms with Crippen molar-refractivity contribution >= 4 is 45.6 Å². The van der Waals surface area contributed by atoms with Crippen LogP contribution in [0.5, 0.6) is 0 Å². The lowest BCUT2D eigenvalue weighted by molar-refractivity contribution is 0.0656. The maximum absolute atomic E-state index is 12.3. The molecule has 2 heterocycles. The van der Waals surface area contributed by atoms with Crippen molar-refractivity contribution in [1.82, 2.24) is 20.4 Å². The Kier molecular flexibility index (Phi) is 5.15. The van der Waals surface area contributed by atoms with Crippen molar-refractivity contribution < 1.29 is 9.59 Å². The first-order chi connectivity index (χ1) is 12.1. The number of carbonyl (C=O) groups is 2. The predicted octanol–water partition coefficient (Wildman–Crippen LogP) is 1.85. The van der Waals surface area contributed by atoms with E-state index in [2.05, 4.69) is 27.4 Å². The molecule has 1 aliphatic rings. The van der Waals surface area contributed by atoms with E-state index in [0.717, 1.165) is 0 Å². The van der Waals surface area contributed by atoms with Crippen molar-refractivity contribution in [2.45, 2.75) is 6.42 Å². The van der Waals surface area contributed by atoms with Gasteiger partial charge in [0.1, 0.15) is 5.01 Å². The lowest BCUT2D eigenvalue weighted by atomic mass is 10.1. The number of anilines is 1. The van der Waals surface area contributed by atoms with Crippen molar-refractivity contribution in [3.63, 3.8) is 0 Å². The second-order valence-electron chi connectivity index (χ2n) is 5.18. The third-order valence-corrected chi connectivity index (χ3v) is 4.67. The molecular weight excluding hydrogens is 358 g/mol. The van der Waals surface area contributed by atoms with E-state index in [4.69, 9.17) is 12.2 Å². The normalized spacial score (nSPS) is 12.9. The van der Waals surface area contributed by atoms with Crippen LogP contribution in [-0.2, 0) is 6.42 Å². The monoisotopic (exact) mass is 373 g/mol. The van der Waals surface area contributed by atoms with Gasteiger partial charge in [0.15, 0.2) is 5.11 Å². The molecule has 0 unspecified atom stereocenters. The van der Waals surface area contributed by atoms with Crippen LogP contribution >= 0.6 is 23.6 Å². The van der Waals surface area contributed by atoms with E-state index in [0.29, 0.717) is 39.3 Å². The van der Waals surface area contributed by atoms with Gasteiger partial charge in [-0.1, -0.05) is 29.5 Å². The van der Waals surface area contributed by atoms with Crippen LogP contribution in [-0.4, -0.2) is 45.1 Å². The molecule has 0 radical (unpaired) electrons. The lowest BCUT2D eigenvalue weighted by Crippen LogP contribution is -2.31. The zero-order chi connectivity index (χ0) is 17.8. The number of hydrogen-bond acceptors (Lipinski definition) is 6. The molecule has 0 saturated carbocycles. The van der Waals surface area contributed by atoms with E-state index >= 15 is 0 Å². The third kappa shape index (κ3) is 3.72. The van der Waals surface area contributed by atoms with E-state index in [1.807, 2.05) is 0 Å². The molecule has 3 rings (SSSR count). The fourth-order valence-corrected chi connectivity index (χ4v) is 3.34. The topological polar surface area (TPSA) is 87.2 Å². The van der Waals surface area contributed by atoms with Crippen LogP contribution in [0.4, 0.5) is 5.13 Å². The van der Waals surface area contributed by atoms with Gasteiger partial charge in [-0.05, 0) is 24.4 Å². The van der Waals surface area contributed by atoms with Gasteiger partial charge in [0.05, 0.1) is 11.1 Å². The molecule has 1 aromatic carbocycles. The molecule has 0 fully saturated rings. The molecule has 7 nitrogen and oxygen atoms in total.